The number of hydrogen-bond donors (Lipinski definition) is 3. The van der Waals surface area contributed by atoms with Crippen LogP contribution in [-0.4, -0.2) is 35.5 Å². The molecule has 9 heteroatoms. The molecule has 0 bridgehead atoms. The zero-order valence-electron chi connectivity index (χ0n) is 13.8. The molecule has 7 nitrogen and oxygen atoms in total. The van der Waals surface area contributed by atoms with Crippen LogP contribution in [0.15, 0.2) is 46.0 Å². The minimum atomic E-state index is -0.589. The predicted molar refractivity (Wildman–Crippen MR) is 101 cm³/mol. The first-order valence-corrected chi connectivity index (χ1v) is 9.24. The number of nitrogens with one attached hydrogen (secondary N) is 2. The molecule has 136 valence electrons. The predicted octanol–water partition coefficient (Wildman–Crippen LogP) is 3.60. The number of pyridine rings is 1. The first-order valence-electron chi connectivity index (χ1n) is 7.64. The van der Waals surface area contributed by atoms with E-state index in [1.807, 2.05) is 24.5 Å². The number of halogens is 1. The van der Waals surface area contributed by atoms with E-state index in [0.29, 0.717) is 27.4 Å². The van der Waals surface area contributed by atoms with Crippen molar-refractivity contribution >= 4 is 51.6 Å². The van der Waals surface area contributed by atoms with Crippen LogP contribution in [0.1, 0.15) is 10.6 Å². The van der Waals surface area contributed by atoms with Gasteiger partial charge in [-0.25, -0.2) is 5.48 Å². The lowest BCUT2D eigenvalue weighted by atomic mass is 10.2. The van der Waals surface area contributed by atoms with Gasteiger partial charge in [-0.2, -0.15) is 0 Å². The molecule has 2 aromatic heterocycles. The lowest BCUT2D eigenvalue weighted by Crippen LogP contribution is -2.25. The Labute approximate surface area is 158 Å². The van der Waals surface area contributed by atoms with E-state index in [0.717, 1.165) is 4.90 Å². The topological polar surface area (TPSA) is 96.6 Å². The van der Waals surface area contributed by atoms with Crippen molar-refractivity contribution in [3.63, 3.8) is 0 Å². The summed E-state index contributed by atoms with van der Waals surface area (Å²) in [5.41, 5.74) is 3.78. The molecule has 0 saturated heterocycles. The first kappa shape index (κ1) is 18.5. The fourth-order valence-corrected chi connectivity index (χ4v) is 3.03. The van der Waals surface area contributed by atoms with Crippen LogP contribution in [0.5, 0.6) is 0 Å². The Morgan fingerprint density at radius 2 is 2.27 bits per heavy atom. The number of carbonyl (C=O) groups is 1. The third-order valence-electron chi connectivity index (χ3n) is 3.49. The second kappa shape index (κ2) is 8.41. The van der Waals surface area contributed by atoms with Gasteiger partial charge in [-0.05, 0) is 30.5 Å². The summed E-state index contributed by atoms with van der Waals surface area (Å²) in [6.45, 7) is -0.245. The highest BCUT2D eigenvalue weighted by molar-refractivity contribution is 7.98. The van der Waals surface area contributed by atoms with Gasteiger partial charge in [0.15, 0.2) is 0 Å². The molecule has 0 aliphatic rings. The zero-order valence-corrected chi connectivity index (χ0v) is 15.4. The van der Waals surface area contributed by atoms with Crippen molar-refractivity contribution in [3.8, 4) is 0 Å². The maximum atomic E-state index is 12.4. The van der Waals surface area contributed by atoms with Gasteiger partial charge >= 0.3 is 5.91 Å². The van der Waals surface area contributed by atoms with E-state index < -0.39 is 5.91 Å². The summed E-state index contributed by atoms with van der Waals surface area (Å²) >= 11 is 7.92. The number of hydroxylamine groups is 1. The molecule has 1 aromatic carbocycles. The Balaban J connectivity index is 1.98. The summed E-state index contributed by atoms with van der Waals surface area (Å²) in [5.74, 6) is -0.565. The Hall–Kier alpha value is -2.26. The van der Waals surface area contributed by atoms with Gasteiger partial charge in [0.1, 0.15) is 11.3 Å². The summed E-state index contributed by atoms with van der Waals surface area (Å²) in [7, 11) is 0. The van der Waals surface area contributed by atoms with E-state index in [1.54, 1.807) is 30.2 Å². The Morgan fingerprint density at radius 1 is 1.42 bits per heavy atom. The second-order valence-corrected chi connectivity index (χ2v) is 6.44. The van der Waals surface area contributed by atoms with Crippen LogP contribution in [-0.2, 0) is 4.84 Å². The summed E-state index contributed by atoms with van der Waals surface area (Å²) in [4.78, 5) is 22.4. The van der Waals surface area contributed by atoms with Gasteiger partial charge in [0, 0.05) is 17.3 Å². The number of benzene rings is 1. The number of furan rings is 1. The number of aliphatic hydroxyl groups excluding tert-OH is 1. The Bertz CT molecular complexity index is 932. The molecule has 1 amide bonds. The van der Waals surface area contributed by atoms with Gasteiger partial charge in [0.25, 0.3) is 0 Å². The molecule has 0 radical (unpaired) electrons. The molecule has 0 unspecified atom stereocenters. The number of aromatic nitrogens is 1. The Kier molecular flexibility index (Phi) is 6.00. The standard InChI is InChI=1S/C17H16ClN3O4S/c1-26-10-2-3-13(12(18)8-10)20-15-11-9-19-5-4-14(11)25-16(15)17(23)21-24-7-6-22/h2-5,8-9,20,22H,6-7H2,1H3,(H,21,23). The monoisotopic (exact) mass is 393 g/mol. The van der Waals surface area contributed by atoms with Crippen molar-refractivity contribution in [2.45, 2.75) is 4.90 Å². The second-order valence-electron chi connectivity index (χ2n) is 5.15. The molecule has 3 rings (SSSR count). The van der Waals surface area contributed by atoms with Crippen LogP contribution in [0.4, 0.5) is 11.4 Å². The van der Waals surface area contributed by atoms with Crippen LogP contribution < -0.4 is 10.8 Å². The lowest BCUT2D eigenvalue weighted by molar-refractivity contribution is 0.0152. The molecule has 3 aromatic rings. The summed E-state index contributed by atoms with van der Waals surface area (Å²) < 4.78 is 5.64. The van der Waals surface area contributed by atoms with Crippen molar-refractivity contribution in [3.05, 3.63) is 47.4 Å². The SMILES string of the molecule is CSc1ccc(Nc2c(C(=O)NOCCO)oc3ccncc23)c(Cl)c1. The number of amides is 1. The van der Waals surface area contributed by atoms with Crippen molar-refractivity contribution in [2.24, 2.45) is 0 Å². The number of anilines is 2. The third-order valence-corrected chi connectivity index (χ3v) is 4.53. The molecular weight excluding hydrogens is 378 g/mol. The highest BCUT2D eigenvalue weighted by Crippen LogP contribution is 2.36. The van der Waals surface area contributed by atoms with Gasteiger partial charge in [0.05, 0.1) is 29.3 Å². The fourth-order valence-electron chi connectivity index (χ4n) is 2.29. The largest absolute Gasteiger partial charge is 0.448 e. The van der Waals surface area contributed by atoms with Gasteiger partial charge in [-0.15, -0.1) is 11.8 Å². The number of nitrogens with zero attached hydrogens (tertiary/aromatic N) is 1. The number of aliphatic hydroxyl groups is 1. The normalized spacial score (nSPS) is 10.9. The molecule has 2 heterocycles. The number of hydrogen-bond acceptors (Lipinski definition) is 7. The van der Waals surface area contributed by atoms with E-state index in [2.05, 4.69) is 15.8 Å². The van der Waals surface area contributed by atoms with Crippen molar-refractivity contribution in [1.82, 2.24) is 10.5 Å². The van der Waals surface area contributed by atoms with Crippen LogP contribution in [0, 0.1) is 0 Å². The van der Waals surface area contributed by atoms with E-state index in [-0.39, 0.29) is 19.0 Å². The van der Waals surface area contributed by atoms with E-state index in [9.17, 15) is 4.79 Å². The number of rotatable bonds is 7. The number of carbonyl (C=O) groups excluding carboxylic acids is 1. The quantitative estimate of drug-likeness (QED) is 0.320. The van der Waals surface area contributed by atoms with E-state index in [1.165, 1.54) is 0 Å². The maximum absolute atomic E-state index is 12.4. The van der Waals surface area contributed by atoms with Crippen molar-refractivity contribution in [1.29, 1.82) is 0 Å². The molecule has 0 fully saturated rings. The van der Waals surface area contributed by atoms with E-state index >= 15 is 0 Å². The van der Waals surface area contributed by atoms with Gasteiger partial charge in [-0.3, -0.25) is 14.6 Å². The molecule has 0 atom stereocenters. The van der Waals surface area contributed by atoms with Crippen LogP contribution >= 0.6 is 23.4 Å². The smallest absolute Gasteiger partial charge is 0.312 e. The molecular formula is C17H16ClN3O4S. The first-order chi connectivity index (χ1) is 12.6. The van der Waals surface area contributed by atoms with Crippen LogP contribution in [0.3, 0.4) is 0 Å². The molecule has 0 aliphatic carbocycles. The third kappa shape index (κ3) is 3.94. The summed E-state index contributed by atoms with van der Waals surface area (Å²) in [6, 6.07) is 7.24. The highest BCUT2D eigenvalue weighted by Gasteiger charge is 2.22. The van der Waals surface area contributed by atoms with Crippen LogP contribution in [0.2, 0.25) is 5.02 Å². The maximum Gasteiger partial charge on any atom is 0.312 e. The molecule has 0 aliphatic heterocycles. The fraction of sp³-hybridized carbons (Fsp3) is 0.176. The molecule has 26 heavy (non-hydrogen) atoms. The van der Waals surface area contributed by atoms with Crippen LogP contribution in [0.25, 0.3) is 11.0 Å². The molecule has 3 N–H and O–H groups in total. The number of fused-ring (bicyclic) bond motifs is 1. The minimum Gasteiger partial charge on any atom is -0.448 e. The minimum absolute atomic E-state index is 0.0240. The van der Waals surface area contributed by atoms with Gasteiger partial charge in [-0.1, -0.05) is 11.6 Å². The van der Waals surface area contributed by atoms with Gasteiger partial charge in [0.2, 0.25) is 5.76 Å². The van der Waals surface area contributed by atoms with Crippen molar-refractivity contribution in [2.75, 3.05) is 24.8 Å². The summed E-state index contributed by atoms with van der Waals surface area (Å²) in [5, 5.41) is 13.0. The summed E-state index contributed by atoms with van der Waals surface area (Å²) in [6.07, 6.45) is 5.12. The highest BCUT2D eigenvalue weighted by atomic mass is 35.5. The van der Waals surface area contributed by atoms with E-state index in [4.69, 9.17) is 26.0 Å². The Morgan fingerprint density at radius 3 is 3.00 bits per heavy atom. The molecule has 0 spiro atoms. The lowest BCUT2D eigenvalue weighted by Gasteiger charge is -2.10. The molecule has 0 saturated carbocycles. The zero-order chi connectivity index (χ0) is 18.5. The van der Waals surface area contributed by atoms with Crippen molar-refractivity contribution < 1.29 is 19.2 Å². The average Bonchev–Trinajstić information content (AvgIpc) is 3.02. The van der Waals surface area contributed by atoms with Gasteiger partial charge < -0.3 is 14.8 Å². The average molecular weight is 394 g/mol. The number of thioether (sulfide) groups is 1.